The fourth-order valence-corrected chi connectivity index (χ4v) is 2.63. The van der Waals surface area contributed by atoms with Gasteiger partial charge in [-0.25, -0.2) is 0 Å². The van der Waals surface area contributed by atoms with E-state index >= 15 is 0 Å². The molecule has 2 rings (SSSR count). The highest BCUT2D eigenvalue weighted by Crippen LogP contribution is 2.12. The van der Waals surface area contributed by atoms with Gasteiger partial charge in [-0.3, -0.25) is 4.99 Å². The van der Waals surface area contributed by atoms with Crippen LogP contribution in [0.15, 0.2) is 52.1 Å². The first-order valence-electron chi connectivity index (χ1n) is 10.1. The quantitative estimate of drug-likeness (QED) is 0.305. The molecule has 0 bridgehead atoms. The second-order valence-corrected chi connectivity index (χ2v) is 6.99. The van der Waals surface area contributed by atoms with E-state index in [0.717, 1.165) is 50.0 Å². The summed E-state index contributed by atoms with van der Waals surface area (Å²) in [4.78, 5) is 6.41. The standard InChI is InChI=1S/C22H34N4O3/c1-23-22(24-12-5-14-27-18-21-7-4-15-29-21)25-17-19-8-10-20(11-9-19)28-16-6-13-26(2)3/h4,7-11,15H,5-6,12-14,16-18H2,1-3H3,(H2,23,24,25). The molecule has 0 fully saturated rings. The van der Waals surface area contributed by atoms with Crippen LogP contribution < -0.4 is 15.4 Å². The number of nitrogens with zero attached hydrogens (tertiary/aromatic N) is 2. The lowest BCUT2D eigenvalue weighted by Gasteiger charge is -2.13. The van der Waals surface area contributed by atoms with Crippen molar-refractivity contribution in [1.82, 2.24) is 15.5 Å². The molecule has 7 nitrogen and oxygen atoms in total. The van der Waals surface area contributed by atoms with Crippen molar-refractivity contribution in [1.29, 1.82) is 0 Å². The number of furan rings is 1. The Hall–Kier alpha value is -2.51. The van der Waals surface area contributed by atoms with Gasteiger partial charge in [0.1, 0.15) is 18.1 Å². The predicted molar refractivity (Wildman–Crippen MR) is 116 cm³/mol. The summed E-state index contributed by atoms with van der Waals surface area (Å²) >= 11 is 0. The van der Waals surface area contributed by atoms with Gasteiger partial charge in [0.2, 0.25) is 0 Å². The van der Waals surface area contributed by atoms with E-state index < -0.39 is 0 Å². The molecule has 0 aliphatic rings. The molecule has 29 heavy (non-hydrogen) atoms. The van der Waals surface area contributed by atoms with Crippen LogP contribution in [0.5, 0.6) is 5.75 Å². The number of rotatable bonds is 13. The van der Waals surface area contributed by atoms with Gasteiger partial charge >= 0.3 is 0 Å². The molecular formula is C22H34N4O3. The van der Waals surface area contributed by atoms with Crippen molar-refractivity contribution in [2.45, 2.75) is 26.0 Å². The fraction of sp³-hybridized carbons (Fsp3) is 0.500. The number of benzene rings is 1. The zero-order valence-corrected chi connectivity index (χ0v) is 17.8. The minimum atomic E-state index is 0.509. The number of aliphatic imine (C=N–C) groups is 1. The van der Waals surface area contributed by atoms with Crippen LogP contribution in [0.2, 0.25) is 0 Å². The third-order valence-electron chi connectivity index (χ3n) is 4.21. The van der Waals surface area contributed by atoms with Crippen molar-refractivity contribution in [3.05, 3.63) is 54.0 Å². The highest BCUT2D eigenvalue weighted by molar-refractivity contribution is 5.79. The average Bonchev–Trinajstić information content (AvgIpc) is 3.24. The van der Waals surface area contributed by atoms with Crippen molar-refractivity contribution in [3.8, 4) is 5.75 Å². The summed E-state index contributed by atoms with van der Waals surface area (Å²) in [6, 6.07) is 11.9. The summed E-state index contributed by atoms with van der Waals surface area (Å²) in [6.07, 6.45) is 3.57. The van der Waals surface area contributed by atoms with E-state index in [9.17, 15) is 0 Å². The smallest absolute Gasteiger partial charge is 0.191 e. The molecule has 0 atom stereocenters. The number of guanidine groups is 1. The van der Waals surface area contributed by atoms with Crippen molar-refractivity contribution in [3.63, 3.8) is 0 Å². The molecule has 0 aliphatic carbocycles. The molecule has 0 spiro atoms. The normalized spacial score (nSPS) is 11.7. The number of hydrogen-bond acceptors (Lipinski definition) is 5. The summed E-state index contributed by atoms with van der Waals surface area (Å²) in [5.74, 6) is 2.53. The highest BCUT2D eigenvalue weighted by Gasteiger charge is 2.01. The van der Waals surface area contributed by atoms with Gasteiger partial charge in [0.05, 0.1) is 12.9 Å². The Kier molecular flexibility index (Phi) is 10.7. The topological polar surface area (TPSA) is 71.3 Å². The van der Waals surface area contributed by atoms with Crippen LogP contribution in [0, 0.1) is 0 Å². The Balaban J connectivity index is 1.56. The van der Waals surface area contributed by atoms with Crippen LogP contribution >= 0.6 is 0 Å². The van der Waals surface area contributed by atoms with E-state index in [2.05, 4.69) is 46.8 Å². The Morgan fingerprint density at radius 2 is 1.90 bits per heavy atom. The SMILES string of the molecule is CN=C(NCCCOCc1ccco1)NCc1ccc(OCCCN(C)C)cc1. The molecule has 2 N–H and O–H groups in total. The lowest BCUT2D eigenvalue weighted by molar-refractivity contribution is 0.105. The minimum Gasteiger partial charge on any atom is -0.494 e. The van der Waals surface area contributed by atoms with E-state index in [1.165, 1.54) is 5.56 Å². The van der Waals surface area contributed by atoms with Crippen LogP contribution in [0.4, 0.5) is 0 Å². The van der Waals surface area contributed by atoms with E-state index in [1.54, 1.807) is 13.3 Å². The Labute approximate surface area is 174 Å². The molecule has 0 aliphatic heterocycles. The van der Waals surface area contributed by atoms with Crippen molar-refractivity contribution in [2.75, 3.05) is 47.4 Å². The summed E-state index contributed by atoms with van der Waals surface area (Å²) in [6.45, 7) is 4.44. The molecule has 0 radical (unpaired) electrons. The Morgan fingerprint density at radius 3 is 2.59 bits per heavy atom. The van der Waals surface area contributed by atoms with Crippen LogP contribution in [0.25, 0.3) is 0 Å². The maximum atomic E-state index is 5.77. The monoisotopic (exact) mass is 402 g/mol. The van der Waals surface area contributed by atoms with Gasteiger partial charge < -0.3 is 29.4 Å². The number of hydrogen-bond donors (Lipinski definition) is 2. The lowest BCUT2D eigenvalue weighted by atomic mass is 10.2. The predicted octanol–water partition coefficient (Wildman–Crippen LogP) is 2.88. The van der Waals surface area contributed by atoms with Gasteiger partial charge in [0.25, 0.3) is 0 Å². The molecule has 160 valence electrons. The Bertz CT molecular complexity index is 685. The van der Waals surface area contributed by atoms with E-state index in [1.807, 2.05) is 24.3 Å². The zero-order chi connectivity index (χ0) is 20.7. The Morgan fingerprint density at radius 1 is 1.07 bits per heavy atom. The third-order valence-corrected chi connectivity index (χ3v) is 4.21. The van der Waals surface area contributed by atoms with Crippen molar-refractivity contribution in [2.24, 2.45) is 4.99 Å². The number of ether oxygens (including phenoxy) is 2. The molecule has 1 aromatic heterocycles. The maximum Gasteiger partial charge on any atom is 0.191 e. The summed E-state index contributed by atoms with van der Waals surface area (Å²) in [5, 5.41) is 6.61. The zero-order valence-electron chi connectivity index (χ0n) is 17.8. The third kappa shape index (κ3) is 10.0. The van der Waals surface area contributed by atoms with Crippen LogP contribution in [-0.4, -0.2) is 58.3 Å². The summed E-state index contributed by atoms with van der Waals surface area (Å²) in [7, 11) is 5.91. The first kappa shape index (κ1) is 22.8. The first-order valence-corrected chi connectivity index (χ1v) is 10.1. The van der Waals surface area contributed by atoms with E-state index in [-0.39, 0.29) is 0 Å². The molecule has 2 aromatic rings. The largest absolute Gasteiger partial charge is 0.494 e. The van der Waals surface area contributed by atoms with E-state index in [4.69, 9.17) is 13.9 Å². The van der Waals surface area contributed by atoms with Gasteiger partial charge in [0, 0.05) is 33.3 Å². The molecule has 0 saturated carbocycles. The maximum absolute atomic E-state index is 5.77. The molecular weight excluding hydrogens is 368 g/mol. The second kappa shape index (κ2) is 13.6. The first-order chi connectivity index (χ1) is 14.2. The van der Waals surface area contributed by atoms with Crippen molar-refractivity contribution < 1.29 is 13.9 Å². The summed E-state index contributed by atoms with van der Waals surface area (Å²) < 4.78 is 16.6. The number of nitrogens with one attached hydrogen (secondary N) is 2. The molecule has 7 heteroatoms. The van der Waals surface area contributed by atoms with Gasteiger partial charge in [-0.2, -0.15) is 0 Å². The van der Waals surface area contributed by atoms with Crippen LogP contribution in [0.3, 0.4) is 0 Å². The lowest BCUT2D eigenvalue weighted by Crippen LogP contribution is -2.37. The van der Waals surface area contributed by atoms with Gasteiger partial charge in [-0.1, -0.05) is 12.1 Å². The average molecular weight is 403 g/mol. The molecule has 1 heterocycles. The van der Waals surface area contributed by atoms with Gasteiger partial charge in [0.15, 0.2) is 5.96 Å². The molecule has 0 saturated heterocycles. The van der Waals surface area contributed by atoms with Crippen LogP contribution in [-0.2, 0) is 17.9 Å². The highest BCUT2D eigenvalue weighted by atomic mass is 16.5. The van der Waals surface area contributed by atoms with Gasteiger partial charge in [-0.05, 0) is 56.8 Å². The van der Waals surface area contributed by atoms with Crippen LogP contribution in [0.1, 0.15) is 24.2 Å². The molecule has 0 amide bonds. The van der Waals surface area contributed by atoms with Gasteiger partial charge in [-0.15, -0.1) is 0 Å². The second-order valence-electron chi connectivity index (χ2n) is 6.99. The van der Waals surface area contributed by atoms with E-state index in [0.29, 0.717) is 19.8 Å². The molecule has 0 unspecified atom stereocenters. The van der Waals surface area contributed by atoms with Crippen molar-refractivity contribution >= 4 is 5.96 Å². The fourth-order valence-electron chi connectivity index (χ4n) is 2.63. The summed E-state index contributed by atoms with van der Waals surface area (Å²) in [5.41, 5.74) is 1.18. The minimum absolute atomic E-state index is 0.509. The molecule has 1 aromatic carbocycles.